The minimum atomic E-state index is -0.260. The van der Waals surface area contributed by atoms with Crippen LogP contribution in [0.25, 0.3) is 0 Å². The summed E-state index contributed by atoms with van der Waals surface area (Å²) < 4.78 is 10.5. The van der Waals surface area contributed by atoms with Gasteiger partial charge in [0.15, 0.2) is 0 Å². The number of hydrogen-bond donors (Lipinski definition) is 3. The molecule has 0 aliphatic heterocycles. The van der Waals surface area contributed by atoms with Gasteiger partial charge in [-0.25, -0.2) is 0 Å². The van der Waals surface area contributed by atoms with Crippen LogP contribution < -0.4 is 25.4 Å². The topological polar surface area (TPSA) is 88.7 Å². The van der Waals surface area contributed by atoms with Gasteiger partial charge in [0.2, 0.25) is 11.8 Å². The van der Waals surface area contributed by atoms with Crippen molar-refractivity contribution in [2.75, 3.05) is 36.7 Å². The average Bonchev–Trinajstić information content (AvgIpc) is 2.60. The van der Waals surface area contributed by atoms with E-state index in [9.17, 15) is 9.59 Å². The van der Waals surface area contributed by atoms with E-state index in [1.807, 2.05) is 18.2 Å². The maximum absolute atomic E-state index is 12.2. The number of carbonyl (C=O) groups excluding carboxylic acids is 2. The molecule has 3 N–H and O–H groups in total. The van der Waals surface area contributed by atoms with Gasteiger partial charge in [0, 0.05) is 12.6 Å². The number of methoxy groups -OCH3 is 2. The van der Waals surface area contributed by atoms with Crippen molar-refractivity contribution in [1.29, 1.82) is 0 Å². The van der Waals surface area contributed by atoms with Gasteiger partial charge in [-0.15, -0.1) is 0 Å². The smallest absolute Gasteiger partial charge is 0.243 e. The fraction of sp³-hybridized carbons (Fsp3) is 0.222. The zero-order chi connectivity index (χ0) is 18.2. The Morgan fingerprint density at radius 1 is 0.920 bits per heavy atom. The molecule has 0 saturated carbocycles. The van der Waals surface area contributed by atoms with Gasteiger partial charge in [0.05, 0.1) is 32.1 Å². The third-order valence-corrected chi connectivity index (χ3v) is 3.34. The van der Waals surface area contributed by atoms with Crippen LogP contribution in [0, 0.1) is 0 Å². The second-order valence-corrected chi connectivity index (χ2v) is 5.20. The van der Waals surface area contributed by atoms with Crippen LogP contribution in [0.5, 0.6) is 11.5 Å². The van der Waals surface area contributed by atoms with Gasteiger partial charge >= 0.3 is 0 Å². The third kappa shape index (κ3) is 5.13. The van der Waals surface area contributed by atoms with Crippen molar-refractivity contribution in [3.8, 4) is 11.5 Å². The highest BCUT2D eigenvalue weighted by Crippen LogP contribution is 2.28. The van der Waals surface area contributed by atoms with Crippen molar-refractivity contribution < 1.29 is 19.1 Å². The van der Waals surface area contributed by atoms with E-state index in [1.165, 1.54) is 14.0 Å². The SMILES string of the molecule is COc1ccccc1NCC(=O)Nc1cc(NC(C)=O)ccc1OC. The number of nitrogens with one attached hydrogen (secondary N) is 3. The Bertz CT molecular complexity index is 762. The van der Waals surface area contributed by atoms with Crippen LogP contribution in [0.3, 0.4) is 0 Å². The molecule has 0 aliphatic rings. The highest BCUT2D eigenvalue weighted by atomic mass is 16.5. The van der Waals surface area contributed by atoms with Crippen molar-refractivity contribution in [2.24, 2.45) is 0 Å². The van der Waals surface area contributed by atoms with E-state index in [-0.39, 0.29) is 18.4 Å². The molecule has 0 bridgehead atoms. The summed E-state index contributed by atoms with van der Waals surface area (Å²) in [5, 5.41) is 8.45. The maximum Gasteiger partial charge on any atom is 0.243 e. The number of carbonyl (C=O) groups is 2. The summed E-state index contributed by atoms with van der Waals surface area (Å²) >= 11 is 0. The predicted molar refractivity (Wildman–Crippen MR) is 97.4 cm³/mol. The van der Waals surface area contributed by atoms with Crippen LogP contribution in [0.2, 0.25) is 0 Å². The van der Waals surface area contributed by atoms with Gasteiger partial charge < -0.3 is 25.4 Å². The van der Waals surface area contributed by atoms with Crippen LogP contribution in [0.15, 0.2) is 42.5 Å². The van der Waals surface area contributed by atoms with Crippen molar-refractivity contribution >= 4 is 28.9 Å². The molecule has 0 aliphatic carbocycles. The minimum absolute atomic E-state index is 0.0495. The number of benzene rings is 2. The number of anilines is 3. The lowest BCUT2D eigenvalue weighted by Crippen LogP contribution is -2.22. The number of rotatable bonds is 7. The van der Waals surface area contributed by atoms with Crippen molar-refractivity contribution in [1.82, 2.24) is 0 Å². The molecule has 2 rings (SSSR count). The van der Waals surface area contributed by atoms with E-state index >= 15 is 0 Å². The molecule has 0 saturated heterocycles. The standard InChI is InChI=1S/C18H21N3O4/c1-12(22)20-13-8-9-17(25-3)15(10-13)21-18(23)11-19-14-6-4-5-7-16(14)24-2/h4-10,19H,11H2,1-3H3,(H,20,22)(H,21,23). The first-order valence-corrected chi connectivity index (χ1v) is 7.66. The largest absolute Gasteiger partial charge is 0.495 e. The van der Waals surface area contributed by atoms with E-state index in [2.05, 4.69) is 16.0 Å². The molecule has 0 radical (unpaired) electrons. The molecule has 0 unspecified atom stereocenters. The summed E-state index contributed by atoms with van der Waals surface area (Å²) in [6.07, 6.45) is 0. The molecule has 25 heavy (non-hydrogen) atoms. The molecule has 0 aromatic heterocycles. The van der Waals surface area contributed by atoms with Crippen LogP contribution in [0.4, 0.5) is 17.1 Å². The summed E-state index contributed by atoms with van der Waals surface area (Å²) in [5.74, 6) is 0.699. The first-order valence-electron chi connectivity index (χ1n) is 7.66. The first kappa shape index (κ1) is 18.1. The Morgan fingerprint density at radius 3 is 2.28 bits per heavy atom. The lowest BCUT2D eigenvalue weighted by Gasteiger charge is -2.14. The summed E-state index contributed by atoms with van der Waals surface area (Å²) in [6.45, 7) is 1.47. The van der Waals surface area contributed by atoms with E-state index in [4.69, 9.17) is 9.47 Å². The summed E-state index contributed by atoms with van der Waals surface area (Å²) in [4.78, 5) is 23.4. The number of hydrogen-bond acceptors (Lipinski definition) is 5. The Labute approximate surface area is 146 Å². The molecule has 7 heteroatoms. The minimum Gasteiger partial charge on any atom is -0.495 e. The van der Waals surface area contributed by atoms with Crippen LogP contribution in [-0.2, 0) is 9.59 Å². The molecular weight excluding hydrogens is 322 g/mol. The summed E-state index contributed by atoms with van der Waals surface area (Å²) in [5.41, 5.74) is 1.76. The molecule has 2 aromatic carbocycles. The summed E-state index contributed by atoms with van der Waals surface area (Å²) in [7, 11) is 3.08. The molecule has 7 nitrogen and oxygen atoms in total. The van der Waals surface area contributed by atoms with E-state index in [0.29, 0.717) is 22.9 Å². The number of ether oxygens (including phenoxy) is 2. The van der Waals surface area contributed by atoms with E-state index in [1.54, 1.807) is 31.4 Å². The van der Waals surface area contributed by atoms with E-state index in [0.717, 1.165) is 5.69 Å². The predicted octanol–water partition coefficient (Wildman–Crippen LogP) is 2.71. The van der Waals surface area contributed by atoms with Crippen LogP contribution in [-0.4, -0.2) is 32.6 Å². The molecular formula is C18H21N3O4. The fourth-order valence-electron chi connectivity index (χ4n) is 2.25. The zero-order valence-electron chi connectivity index (χ0n) is 14.4. The second kappa shape index (κ2) is 8.58. The van der Waals surface area contributed by atoms with Crippen molar-refractivity contribution in [3.05, 3.63) is 42.5 Å². The molecule has 132 valence electrons. The zero-order valence-corrected chi connectivity index (χ0v) is 14.4. The number of amides is 2. The molecule has 2 amide bonds. The normalized spacial score (nSPS) is 9.88. The highest BCUT2D eigenvalue weighted by molar-refractivity contribution is 5.97. The fourth-order valence-corrected chi connectivity index (χ4v) is 2.25. The Hall–Kier alpha value is -3.22. The van der Waals surface area contributed by atoms with Crippen molar-refractivity contribution in [3.63, 3.8) is 0 Å². The quantitative estimate of drug-likeness (QED) is 0.719. The van der Waals surface area contributed by atoms with Gasteiger partial charge in [-0.2, -0.15) is 0 Å². The van der Waals surface area contributed by atoms with Gasteiger partial charge in [0.1, 0.15) is 11.5 Å². The van der Waals surface area contributed by atoms with Gasteiger partial charge in [-0.1, -0.05) is 12.1 Å². The first-order chi connectivity index (χ1) is 12.0. The lowest BCUT2D eigenvalue weighted by molar-refractivity contribution is -0.115. The number of para-hydroxylation sites is 2. The molecule has 0 atom stereocenters. The Kier molecular flexibility index (Phi) is 6.22. The molecule has 0 spiro atoms. The molecule has 0 fully saturated rings. The second-order valence-electron chi connectivity index (χ2n) is 5.20. The van der Waals surface area contributed by atoms with Crippen LogP contribution >= 0.6 is 0 Å². The average molecular weight is 343 g/mol. The van der Waals surface area contributed by atoms with Gasteiger partial charge in [-0.05, 0) is 30.3 Å². The lowest BCUT2D eigenvalue weighted by atomic mass is 10.2. The van der Waals surface area contributed by atoms with Crippen LogP contribution in [0.1, 0.15) is 6.92 Å². The summed E-state index contributed by atoms with van der Waals surface area (Å²) in [6, 6.07) is 12.3. The molecule has 0 heterocycles. The maximum atomic E-state index is 12.2. The Balaban J connectivity index is 2.05. The third-order valence-electron chi connectivity index (χ3n) is 3.34. The Morgan fingerprint density at radius 2 is 1.60 bits per heavy atom. The van der Waals surface area contributed by atoms with E-state index < -0.39 is 0 Å². The highest BCUT2D eigenvalue weighted by Gasteiger charge is 2.10. The molecule has 2 aromatic rings. The van der Waals surface area contributed by atoms with Gasteiger partial charge in [-0.3, -0.25) is 9.59 Å². The van der Waals surface area contributed by atoms with Crippen molar-refractivity contribution in [2.45, 2.75) is 6.92 Å². The van der Waals surface area contributed by atoms with Gasteiger partial charge in [0.25, 0.3) is 0 Å². The monoisotopic (exact) mass is 343 g/mol.